The van der Waals surface area contributed by atoms with Gasteiger partial charge < -0.3 is 10.2 Å². The molecule has 6 heteroatoms. The Bertz CT molecular complexity index is 704. The van der Waals surface area contributed by atoms with Gasteiger partial charge in [-0.3, -0.25) is 14.6 Å². The van der Waals surface area contributed by atoms with Gasteiger partial charge in [0.1, 0.15) is 0 Å². The predicted octanol–water partition coefficient (Wildman–Crippen LogP) is 2.79. The van der Waals surface area contributed by atoms with E-state index in [0.717, 1.165) is 15.6 Å². The second kappa shape index (κ2) is 7.87. The Labute approximate surface area is 143 Å². The van der Waals surface area contributed by atoms with E-state index >= 15 is 0 Å². The summed E-state index contributed by atoms with van der Waals surface area (Å²) in [6.45, 7) is 2.39. The third-order valence-corrected chi connectivity index (χ3v) is 4.33. The summed E-state index contributed by atoms with van der Waals surface area (Å²) in [5.41, 5.74) is 2.66. The van der Waals surface area contributed by atoms with Crippen molar-refractivity contribution in [1.82, 2.24) is 9.88 Å². The van der Waals surface area contributed by atoms with Crippen molar-refractivity contribution in [2.24, 2.45) is 0 Å². The van der Waals surface area contributed by atoms with E-state index < -0.39 is 11.8 Å². The Balaban J connectivity index is 1.90. The molecule has 0 radical (unpaired) electrons. The van der Waals surface area contributed by atoms with E-state index in [0.29, 0.717) is 18.7 Å². The van der Waals surface area contributed by atoms with Crippen LogP contribution in [-0.2, 0) is 16.0 Å². The minimum atomic E-state index is -0.635. The molecule has 0 saturated heterocycles. The van der Waals surface area contributed by atoms with Crippen LogP contribution < -0.4 is 5.32 Å². The second-order valence-electron chi connectivity index (χ2n) is 5.25. The highest BCUT2D eigenvalue weighted by Crippen LogP contribution is 2.19. The molecule has 0 spiro atoms. The maximum atomic E-state index is 12.1. The molecule has 23 heavy (non-hydrogen) atoms. The number of nitrogens with one attached hydrogen (secondary N) is 1. The number of carbonyl (C=O) groups excluding carboxylic acids is 2. The first kappa shape index (κ1) is 17.1. The largest absolute Gasteiger partial charge is 0.337 e. The SMILES string of the molecule is Cc1cc(NC(=O)C(=O)N(C)CCc2ccncc2)ccc1Br. The minimum absolute atomic E-state index is 0.468. The lowest BCUT2D eigenvalue weighted by molar-refractivity contribution is -0.142. The van der Waals surface area contributed by atoms with E-state index in [9.17, 15) is 9.59 Å². The first-order valence-corrected chi connectivity index (χ1v) is 7.98. The Morgan fingerprint density at radius 1 is 1.22 bits per heavy atom. The smallest absolute Gasteiger partial charge is 0.313 e. The van der Waals surface area contributed by atoms with Crippen molar-refractivity contribution in [3.63, 3.8) is 0 Å². The average molecular weight is 376 g/mol. The van der Waals surface area contributed by atoms with E-state index in [4.69, 9.17) is 0 Å². The van der Waals surface area contributed by atoms with Crippen LogP contribution in [-0.4, -0.2) is 35.3 Å². The van der Waals surface area contributed by atoms with Crippen molar-refractivity contribution in [2.45, 2.75) is 13.3 Å². The topological polar surface area (TPSA) is 62.3 Å². The number of aromatic nitrogens is 1. The lowest BCUT2D eigenvalue weighted by Crippen LogP contribution is -2.38. The summed E-state index contributed by atoms with van der Waals surface area (Å²) in [4.78, 5) is 29.5. The van der Waals surface area contributed by atoms with E-state index in [1.165, 1.54) is 4.90 Å². The summed E-state index contributed by atoms with van der Waals surface area (Å²) < 4.78 is 0.955. The number of halogens is 1. The summed E-state index contributed by atoms with van der Waals surface area (Å²) in [6.07, 6.45) is 4.09. The maximum Gasteiger partial charge on any atom is 0.313 e. The molecule has 0 aliphatic heterocycles. The highest BCUT2D eigenvalue weighted by Gasteiger charge is 2.18. The van der Waals surface area contributed by atoms with Gasteiger partial charge >= 0.3 is 11.8 Å². The van der Waals surface area contributed by atoms with Crippen LogP contribution in [0.3, 0.4) is 0 Å². The summed E-state index contributed by atoms with van der Waals surface area (Å²) in [6, 6.07) is 9.18. The summed E-state index contributed by atoms with van der Waals surface area (Å²) in [7, 11) is 1.62. The van der Waals surface area contributed by atoms with Gasteiger partial charge in [0.25, 0.3) is 0 Å². The Kier molecular flexibility index (Phi) is 5.87. The lowest BCUT2D eigenvalue weighted by Gasteiger charge is -2.16. The molecule has 0 bridgehead atoms. The molecule has 2 rings (SSSR count). The van der Waals surface area contributed by atoms with Crippen LogP contribution in [0.2, 0.25) is 0 Å². The van der Waals surface area contributed by atoms with Crippen molar-refractivity contribution in [1.29, 1.82) is 0 Å². The van der Waals surface area contributed by atoms with Crippen LogP contribution in [0.15, 0.2) is 47.2 Å². The lowest BCUT2D eigenvalue weighted by atomic mass is 10.2. The van der Waals surface area contributed by atoms with Gasteiger partial charge in [-0.25, -0.2) is 0 Å². The number of anilines is 1. The van der Waals surface area contributed by atoms with Crippen LogP contribution in [0.4, 0.5) is 5.69 Å². The fraction of sp³-hybridized carbons (Fsp3) is 0.235. The van der Waals surface area contributed by atoms with Gasteiger partial charge in [0.05, 0.1) is 0 Å². The standard InChI is InChI=1S/C17H18BrN3O2/c1-12-11-14(3-4-15(12)18)20-16(22)17(23)21(2)10-7-13-5-8-19-9-6-13/h3-6,8-9,11H,7,10H2,1-2H3,(H,20,22). The number of pyridine rings is 1. The van der Waals surface area contributed by atoms with Crippen LogP contribution in [0.5, 0.6) is 0 Å². The molecular weight excluding hydrogens is 358 g/mol. The zero-order chi connectivity index (χ0) is 16.8. The van der Waals surface area contributed by atoms with Gasteiger partial charge in [0, 0.05) is 36.1 Å². The van der Waals surface area contributed by atoms with E-state index in [1.54, 1.807) is 25.5 Å². The van der Waals surface area contributed by atoms with E-state index in [-0.39, 0.29) is 0 Å². The number of amides is 2. The van der Waals surface area contributed by atoms with E-state index in [2.05, 4.69) is 26.2 Å². The molecule has 5 nitrogen and oxygen atoms in total. The molecule has 0 atom stereocenters. The van der Waals surface area contributed by atoms with Crippen molar-refractivity contribution < 1.29 is 9.59 Å². The number of likely N-dealkylation sites (N-methyl/N-ethyl adjacent to an activating group) is 1. The van der Waals surface area contributed by atoms with Crippen molar-refractivity contribution in [3.05, 3.63) is 58.3 Å². The fourth-order valence-corrected chi connectivity index (χ4v) is 2.27. The third kappa shape index (κ3) is 4.89. The Morgan fingerprint density at radius 2 is 1.91 bits per heavy atom. The zero-order valence-electron chi connectivity index (χ0n) is 13.0. The quantitative estimate of drug-likeness (QED) is 0.835. The van der Waals surface area contributed by atoms with Crippen molar-refractivity contribution >= 4 is 33.4 Å². The average Bonchev–Trinajstić information content (AvgIpc) is 2.56. The molecule has 1 N–H and O–H groups in total. The molecule has 2 amide bonds. The third-order valence-electron chi connectivity index (χ3n) is 3.44. The maximum absolute atomic E-state index is 12.1. The summed E-state index contributed by atoms with van der Waals surface area (Å²) >= 11 is 3.40. The van der Waals surface area contributed by atoms with Gasteiger partial charge in [-0.2, -0.15) is 0 Å². The number of carbonyl (C=O) groups is 2. The Morgan fingerprint density at radius 3 is 2.57 bits per heavy atom. The molecule has 2 aromatic rings. The molecule has 1 aromatic heterocycles. The first-order valence-electron chi connectivity index (χ1n) is 7.19. The zero-order valence-corrected chi connectivity index (χ0v) is 14.6. The number of nitrogens with zero attached hydrogens (tertiary/aromatic N) is 2. The number of benzene rings is 1. The first-order chi connectivity index (χ1) is 11.0. The monoisotopic (exact) mass is 375 g/mol. The molecule has 0 aliphatic carbocycles. The molecule has 1 heterocycles. The van der Waals surface area contributed by atoms with Gasteiger partial charge in [-0.1, -0.05) is 15.9 Å². The van der Waals surface area contributed by atoms with Crippen LogP contribution >= 0.6 is 15.9 Å². The fourth-order valence-electron chi connectivity index (χ4n) is 2.03. The highest BCUT2D eigenvalue weighted by molar-refractivity contribution is 9.10. The van der Waals surface area contributed by atoms with Crippen molar-refractivity contribution in [2.75, 3.05) is 18.9 Å². The van der Waals surface area contributed by atoms with Crippen LogP contribution in [0, 0.1) is 6.92 Å². The minimum Gasteiger partial charge on any atom is -0.337 e. The highest BCUT2D eigenvalue weighted by atomic mass is 79.9. The number of aryl methyl sites for hydroxylation is 1. The predicted molar refractivity (Wildman–Crippen MR) is 93.1 cm³/mol. The second-order valence-corrected chi connectivity index (χ2v) is 6.10. The molecule has 120 valence electrons. The number of hydrogen-bond acceptors (Lipinski definition) is 3. The normalized spacial score (nSPS) is 10.2. The van der Waals surface area contributed by atoms with Gasteiger partial charge in [-0.15, -0.1) is 0 Å². The molecule has 0 fully saturated rings. The molecule has 1 aromatic carbocycles. The molecule has 0 saturated carbocycles. The van der Waals surface area contributed by atoms with Crippen molar-refractivity contribution in [3.8, 4) is 0 Å². The van der Waals surface area contributed by atoms with Gasteiger partial charge in [-0.05, 0) is 54.8 Å². The molecular formula is C17H18BrN3O2. The van der Waals surface area contributed by atoms with Gasteiger partial charge in [0.15, 0.2) is 0 Å². The molecule has 0 aliphatic rings. The number of hydrogen-bond donors (Lipinski definition) is 1. The number of rotatable bonds is 4. The van der Waals surface area contributed by atoms with Gasteiger partial charge in [0.2, 0.25) is 0 Å². The summed E-state index contributed by atoms with van der Waals surface area (Å²) in [5.74, 6) is -1.19. The Hall–Kier alpha value is -2.21. The van der Waals surface area contributed by atoms with E-state index in [1.807, 2.05) is 31.2 Å². The van der Waals surface area contributed by atoms with Crippen LogP contribution in [0.25, 0.3) is 0 Å². The van der Waals surface area contributed by atoms with Crippen LogP contribution in [0.1, 0.15) is 11.1 Å². The molecule has 0 unspecified atom stereocenters. The summed E-state index contributed by atoms with van der Waals surface area (Å²) in [5, 5.41) is 2.63.